The Hall–Kier alpha value is -3.12. The van der Waals surface area contributed by atoms with Crippen LogP contribution in [0.25, 0.3) is 53.5 Å². The van der Waals surface area contributed by atoms with E-state index in [9.17, 15) is 0 Å². The van der Waals surface area contributed by atoms with Crippen LogP contribution in [0.1, 0.15) is 177 Å². The van der Waals surface area contributed by atoms with Crippen molar-refractivity contribution in [2.45, 2.75) is 174 Å². The van der Waals surface area contributed by atoms with Crippen molar-refractivity contribution in [3.63, 3.8) is 0 Å². The molecule has 2 nitrogen and oxygen atoms in total. The van der Waals surface area contributed by atoms with Crippen LogP contribution >= 0.6 is 34.4 Å². The molecule has 3 heterocycles. The maximum Gasteiger partial charge on any atom is 0.114 e. The molecule has 0 radical (unpaired) electrons. The number of unbranched alkanes of at least 4 members (excludes halogenated alkanes) is 18. The molecule has 0 bridgehead atoms. The van der Waals surface area contributed by atoms with Gasteiger partial charge in [-0.05, 0) is 84.8 Å². The van der Waals surface area contributed by atoms with Gasteiger partial charge in [-0.3, -0.25) is 0 Å². The van der Waals surface area contributed by atoms with Crippen molar-refractivity contribution in [3.05, 3.63) is 94.4 Å². The molecule has 58 heavy (non-hydrogen) atoms. The molecular formula is C53H68N2S3. The first-order valence-corrected chi connectivity index (χ1v) is 25.6. The molecule has 0 amide bonds. The van der Waals surface area contributed by atoms with E-state index in [0.29, 0.717) is 0 Å². The molecule has 1 aliphatic rings. The maximum absolute atomic E-state index is 4.84. The van der Waals surface area contributed by atoms with Gasteiger partial charge >= 0.3 is 0 Å². The van der Waals surface area contributed by atoms with Gasteiger partial charge in [-0.1, -0.05) is 190 Å². The summed E-state index contributed by atoms with van der Waals surface area (Å²) in [6.07, 6.45) is 30.2. The Bertz CT molecular complexity index is 2160. The fraction of sp³-hybridized carbons (Fsp3) is 0.509. The first-order chi connectivity index (χ1) is 28.5. The van der Waals surface area contributed by atoms with Crippen LogP contribution in [-0.2, 0) is 5.41 Å². The lowest BCUT2D eigenvalue weighted by Gasteiger charge is -2.33. The third-order valence-corrected chi connectivity index (χ3v) is 15.7. The number of rotatable bonds is 25. The molecule has 0 unspecified atom stereocenters. The van der Waals surface area contributed by atoms with Crippen LogP contribution in [0.5, 0.6) is 0 Å². The zero-order valence-corrected chi connectivity index (χ0v) is 38.6. The fourth-order valence-corrected chi connectivity index (χ4v) is 12.2. The lowest BCUT2D eigenvalue weighted by atomic mass is 9.70. The predicted molar refractivity (Wildman–Crippen MR) is 258 cm³/mol. The van der Waals surface area contributed by atoms with Gasteiger partial charge in [0, 0.05) is 36.1 Å². The third kappa shape index (κ3) is 10.2. The second kappa shape index (κ2) is 21.4. The van der Waals surface area contributed by atoms with Crippen LogP contribution in [0.4, 0.5) is 0 Å². The lowest BCUT2D eigenvalue weighted by molar-refractivity contribution is 0.397. The fourth-order valence-electron chi connectivity index (χ4n) is 9.74. The van der Waals surface area contributed by atoms with E-state index in [1.54, 1.807) is 11.1 Å². The van der Waals surface area contributed by atoms with E-state index in [2.05, 4.69) is 100 Å². The Kier molecular flexibility index (Phi) is 15.9. The summed E-state index contributed by atoms with van der Waals surface area (Å²) in [5.41, 5.74) is 13.4. The highest BCUT2D eigenvalue weighted by atomic mass is 32.1. The molecule has 0 aliphatic heterocycles. The summed E-state index contributed by atoms with van der Waals surface area (Å²) >= 11 is 5.06. The van der Waals surface area contributed by atoms with E-state index >= 15 is 0 Å². The van der Waals surface area contributed by atoms with Gasteiger partial charge in [0.05, 0.1) is 11.7 Å². The van der Waals surface area contributed by atoms with Gasteiger partial charge in [-0.2, -0.15) is 8.75 Å². The Labute approximate surface area is 363 Å². The number of hydrogen-bond acceptors (Lipinski definition) is 5. The summed E-state index contributed by atoms with van der Waals surface area (Å²) in [7, 11) is 0. The maximum atomic E-state index is 4.84. The molecule has 1 aliphatic carbocycles. The Morgan fingerprint density at radius 3 is 1.41 bits per heavy atom. The van der Waals surface area contributed by atoms with Crippen molar-refractivity contribution < 1.29 is 0 Å². The number of aryl methyl sites for hydroxylation is 2. The smallest absolute Gasteiger partial charge is 0.114 e. The lowest BCUT2D eigenvalue weighted by Crippen LogP contribution is -2.25. The van der Waals surface area contributed by atoms with Crippen molar-refractivity contribution in [1.82, 2.24) is 8.75 Å². The molecule has 0 atom stereocenters. The molecule has 0 spiro atoms. The standard InChI is InChI=1S/C53H68N2S3/c1-5-7-9-11-13-15-17-19-21-23-35-53(36-24-22-20-18-16-14-12-10-8-6-2)46-37-39(3)25-28-42(46)43-29-27-41(38-47(43)53)48-33-34-50(57-48)45-31-30-44(49-32-26-40(4)56-49)51-52(45)55-58-54-51/h25-34,37-38H,5-24,35-36H2,1-4H3. The first kappa shape index (κ1) is 43.0. The molecule has 3 aromatic carbocycles. The van der Waals surface area contributed by atoms with E-state index in [1.165, 1.54) is 206 Å². The van der Waals surface area contributed by atoms with Crippen molar-refractivity contribution in [1.29, 1.82) is 0 Å². The minimum absolute atomic E-state index is 0.0848. The van der Waals surface area contributed by atoms with Gasteiger partial charge in [-0.25, -0.2) is 0 Å². The number of hydrogen-bond donors (Lipinski definition) is 0. The molecule has 0 fully saturated rings. The van der Waals surface area contributed by atoms with Gasteiger partial charge in [0.1, 0.15) is 11.0 Å². The molecule has 308 valence electrons. The predicted octanol–water partition coefficient (Wildman–Crippen LogP) is 18.3. The Balaban J connectivity index is 1.12. The molecule has 6 aromatic rings. The van der Waals surface area contributed by atoms with Gasteiger partial charge in [-0.15, -0.1) is 22.7 Å². The van der Waals surface area contributed by atoms with E-state index in [0.717, 1.165) is 11.0 Å². The van der Waals surface area contributed by atoms with Crippen LogP contribution in [0.15, 0.2) is 72.8 Å². The largest absolute Gasteiger partial charge is 0.172 e. The molecule has 7 rings (SSSR count). The topological polar surface area (TPSA) is 25.8 Å². The van der Waals surface area contributed by atoms with Gasteiger partial charge < -0.3 is 0 Å². The monoisotopic (exact) mass is 828 g/mol. The van der Waals surface area contributed by atoms with E-state index in [4.69, 9.17) is 8.75 Å². The van der Waals surface area contributed by atoms with Crippen LogP contribution in [-0.4, -0.2) is 8.75 Å². The van der Waals surface area contributed by atoms with Crippen molar-refractivity contribution in [3.8, 4) is 42.4 Å². The average Bonchev–Trinajstić information content (AvgIpc) is 4.06. The van der Waals surface area contributed by atoms with Crippen LogP contribution in [0, 0.1) is 13.8 Å². The summed E-state index contributed by atoms with van der Waals surface area (Å²) in [6.45, 7) is 9.11. The number of aromatic nitrogens is 2. The summed E-state index contributed by atoms with van der Waals surface area (Å²) in [6, 6.07) is 28.5. The second-order valence-electron chi connectivity index (χ2n) is 17.5. The summed E-state index contributed by atoms with van der Waals surface area (Å²) in [5.74, 6) is 0. The number of fused-ring (bicyclic) bond motifs is 4. The van der Waals surface area contributed by atoms with Crippen molar-refractivity contribution >= 4 is 45.4 Å². The number of thiophene rings is 2. The Morgan fingerprint density at radius 1 is 0.431 bits per heavy atom. The zero-order valence-electron chi connectivity index (χ0n) is 36.1. The number of nitrogens with zero attached hydrogens (tertiary/aromatic N) is 2. The average molecular weight is 829 g/mol. The number of benzene rings is 3. The minimum Gasteiger partial charge on any atom is -0.172 e. The van der Waals surface area contributed by atoms with Crippen molar-refractivity contribution in [2.75, 3.05) is 0 Å². The molecule has 0 saturated heterocycles. The quantitative estimate of drug-likeness (QED) is 0.0537. The minimum atomic E-state index is 0.0848. The normalized spacial score (nSPS) is 13.1. The molecule has 5 heteroatoms. The highest BCUT2D eigenvalue weighted by Gasteiger charge is 2.42. The first-order valence-electron chi connectivity index (χ1n) is 23.2. The Morgan fingerprint density at radius 2 is 0.879 bits per heavy atom. The SMILES string of the molecule is CCCCCCCCCCCCC1(CCCCCCCCCCCC)c2cc(C)ccc2-c2ccc(-c3ccc(-c4ccc(-c5ccc(C)s5)c5nsnc45)s3)cc21. The summed E-state index contributed by atoms with van der Waals surface area (Å²) in [4.78, 5) is 5.19. The van der Waals surface area contributed by atoms with Crippen LogP contribution in [0.3, 0.4) is 0 Å². The van der Waals surface area contributed by atoms with Gasteiger partial charge in [0.2, 0.25) is 0 Å². The summed E-state index contributed by atoms with van der Waals surface area (Å²) < 4.78 is 9.64. The van der Waals surface area contributed by atoms with Crippen molar-refractivity contribution in [2.24, 2.45) is 0 Å². The highest BCUT2D eigenvalue weighted by Crippen LogP contribution is 2.55. The second-order valence-corrected chi connectivity index (χ2v) is 20.4. The molecule has 0 saturated carbocycles. The van der Waals surface area contributed by atoms with E-state index in [1.807, 2.05) is 22.7 Å². The van der Waals surface area contributed by atoms with Gasteiger partial charge in [0.25, 0.3) is 0 Å². The van der Waals surface area contributed by atoms with E-state index < -0.39 is 0 Å². The molecule has 0 N–H and O–H groups in total. The highest BCUT2D eigenvalue weighted by molar-refractivity contribution is 7.19. The molecular weight excluding hydrogens is 761 g/mol. The zero-order chi connectivity index (χ0) is 40.2. The van der Waals surface area contributed by atoms with Gasteiger partial charge in [0.15, 0.2) is 0 Å². The van der Waals surface area contributed by atoms with E-state index in [-0.39, 0.29) is 5.41 Å². The molecule has 3 aromatic heterocycles. The summed E-state index contributed by atoms with van der Waals surface area (Å²) in [5, 5.41) is 0. The third-order valence-electron chi connectivity index (χ3n) is 13.0. The van der Waals surface area contributed by atoms with Crippen LogP contribution < -0.4 is 0 Å². The van der Waals surface area contributed by atoms with Crippen LogP contribution in [0.2, 0.25) is 0 Å².